The van der Waals surface area contributed by atoms with Crippen molar-refractivity contribution in [3.05, 3.63) is 23.4 Å². The Morgan fingerprint density at radius 3 is 2.71 bits per heavy atom. The van der Waals surface area contributed by atoms with Crippen LogP contribution in [0.2, 0.25) is 0 Å². The third-order valence-corrected chi connectivity index (χ3v) is 3.11. The number of aryl methyl sites for hydroxylation is 2. The summed E-state index contributed by atoms with van der Waals surface area (Å²) in [5.74, 6) is 0.0650. The van der Waals surface area contributed by atoms with Gasteiger partial charge in [-0.2, -0.15) is 0 Å². The maximum absolute atomic E-state index is 11.2. The second-order valence-electron chi connectivity index (χ2n) is 3.05. The fraction of sp³-hybridized carbons (Fsp3) is 0.625. The summed E-state index contributed by atoms with van der Waals surface area (Å²) in [5, 5.41) is 0. The Labute approximate surface area is 84.4 Å². The number of hydrogen-bond acceptors (Lipinski definition) is 2. The summed E-state index contributed by atoms with van der Waals surface area (Å²) < 4.78 is 29.7. The summed E-state index contributed by atoms with van der Waals surface area (Å²) in [5.41, 5.74) is 0. The van der Waals surface area contributed by atoms with Gasteiger partial charge >= 0.3 is 0 Å². The van der Waals surface area contributed by atoms with E-state index in [-0.39, 0.29) is 5.75 Å². The van der Waals surface area contributed by atoms with Gasteiger partial charge in [0.2, 0.25) is 6.33 Å². The molecule has 0 unspecified atom stereocenters. The lowest BCUT2D eigenvalue weighted by molar-refractivity contribution is -0.671. The number of imidazole rings is 1. The van der Waals surface area contributed by atoms with E-state index in [0.29, 0.717) is 13.1 Å². The zero-order valence-electron chi connectivity index (χ0n) is 8.42. The molecule has 0 saturated heterocycles. The normalized spacial score (nSPS) is 11.9. The van der Waals surface area contributed by atoms with E-state index >= 15 is 0 Å². The van der Waals surface area contributed by atoms with Crippen LogP contribution in [0, 0.1) is 0 Å². The van der Waals surface area contributed by atoms with Gasteiger partial charge in [0.05, 0.1) is 22.8 Å². The van der Waals surface area contributed by atoms with Crippen LogP contribution in [0.25, 0.3) is 4.72 Å². The van der Waals surface area contributed by atoms with Crippen molar-refractivity contribution in [3.63, 3.8) is 0 Å². The van der Waals surface area contributed by atoms with Crippen molar-refractivity contribution in [2.24, 2.45) is 7.05 Å². The highest BCUT2D eigenvalue weighted by Gasteiger charge is 2.03. The second-order valence-corrected chi connectivity index (χ2v) is 4.88. The van der Waals surface area contributed by atoms with E-state index in [0.717, 1.165) is 0 Å². The molecule has 80 valence electrons. The molecule has 0 amide bonds. The van der Waals surface area contributed by atoms with Crippen LogP contribution in [-0.4, -0.2) is 25.3 Å². The molecular weight excluding hydrogens is 202 g/mol. The first-order chi connectivity index (χ1) is 6.53. The SMILES string of the molecule is CC[N-]S(=O)(=O)CCn1cc[n+](C)c1. The minimum Gasteiger partial charge on any atom is -0.549 e. The highest BCUT2D eigenvalue weighted by Crippen LogP contribution is 2.01. The van der Waals surface area contributed by atoms with E-state index in [4.69, 9.17) is 0 Å². The molecule has 6 heteroatoms. The highest BCUT2D eigenvalue weighted by molar-refractivity contribution is 7.93. The van der Waals surface area contributed by atoms with Gasteiger partial charge in [0.25, 0.3) is 0 Å². The lowest BCUT2D eigenvalue weighted by atomic mass is 10.7. The van der Waals surface area contributed by atoms with Gasteiger partial charge in [-0.15, -0.1) is 6.54 Å². The largest absolute Gasteiger partial charge is 0.549 e. The molecular formula is C8H15N3O2S. The molecule has 0 aliphatic heterocycles. The third-order valence-electron chi connectivity index (χ3n) is 1.76. The van der Waals surface area contributed by atoms with Gasteiger partial charge in [-0.1, -0.05) is 6.92 Å². The second kappa shape index (κ2) is 4.56. The van der Waals surface area contributed by atoms with E-state index in [2.05, 4.69) is 4.72 Å². The summed E-state index contributed by atoms with van der Waals surface area (Å²) in [7, 11) is -1.34. The summed E-state index contributed by atoms with van der Waals surface area (Å²) in [6.45, 7) is 2.49. The predicted molar refractivity (Wildman–Crippen MR) is 53.3 cm³/mol. The van der Waals surface area contributed by atoms with Crippen molar-refractivity contribution in [2.45, 2.75) is 13.5 Å². The van der Waals surface area contributed by atoms with Crippen molar-refractivity contribution in [2.75, 3.05) is 12.3 Å². The van der Waals surface area contributed by atoms with E-state index in [1.807, 2.05) is 34.9 Å². The molecule has 1 heterocycles. The Balaban J connectivity index is 2.48. The zero-order chi connectivity index (χ0) is 10.6. The van der Waals surface area contributed by atoms with Crippen molar-refractivity contribution >= 4 is 10.0 Å². The van der Waals surface area contributed by atoms with E-state index < -0.39 is 10.0 Å². The summed E-state index contributed by atoms with van der Waals surface area (Å²) in [6, 6.07) is 0. The van der Waals surface area contributed by atoms with Crippen LogP contribution in [0.15, 0.2) is 18.7 Å². The first-order valence-corrected chi connectivity index (χ1v) is 6.07. The Morgan fingerprint density at radius 1 is 1.50 bits per heavy atom. The highest BCUT2D eigenvalue weighted by atomic mass is 32.2. The molecule has 0 aliphatic carbocycles. The number of sulfonamides is 1. The summed E-state index contributed by atoms with van der Waals surface area (Å²) in [4.78, 5) is 0. The van der Waals surface area contributed by atoms with Gasteiger partial charge in [0.15, 0.2) is 0 Å². The number of rotatable bonds is 5. The fourth-order valence-electron chi connectivity index (χ4n) is 1.12. The average molecular weight is 217 g/mol. The van der Waals surface area contributed by atoms with Gasteiger partial charge in [-0.25, -0.2) is 17.6 Å². The molecule has 0 aromatic carbocycles. The maximum Gasteiger partial charge on any atom is 0.243 e. The van der Waals surface area contributed by atoms with Crippen molar-refractivity contribution in [3.8, 4) is 0 Å². The van der Waals surface area contributed by atoms with Crippen LogP contribution in [0.5, 0.6) is 0 Å². The van der Waals surface area contributed by atoms with Gasteiger partial charge in [-0.3, -0.25) is 0 Å². The molecule has 0 saturated carbocycles. The van der Waals surface area contributed by atoms with Gasteiger partial charge < -0.3 is 4.72 Å². The van der Waals surface area contributed by atoms with E-state index in [1.54, 1.807) is 6.92 Å². The lowest BCUT2D eigenvalue weighted by Crippen LogP contribution is -2.24. The molecule has 0 atom stereocenters. The van der Waals surface area contributed by atoms with Gasteiger partial charge in [0, 0.05) is 0 Å². The van der Waals surface area contributed by atoms with Gasteiger partial charge in [-0.05, 0) is 0 Å². The molecule has 0 spiro atoms. The molecule has 1 aromatic heterocycles. The molecule has 5 nitrogen and oxygen atoms in total. The topological polar surface area (TPSA) is 57.1 Å². The maximum atomic E-state index is 11.2. The molecule has 14 heavy (non-hydrogen) atoms. The van der Waals surface area contributed by atoms with E-state index in [9.17, 15) is 8.42 Å². The van der Waals surface area contributed by atoms with Crippen LogP contribution in [0.4, 0.5) is 0 Å². The minimum absolute atomic E-state index is 0.0650. The Morgan fingerprint density at radius 2 is 2.21 bits per heavy atom. The van der Waals surface area contributed by atoms with Crippen LogP contribution in [-0.2, 0) is 23.6 Å². The van der Waals surface area contributed by atoms with Crippen molar-refractivity contribution in [1.82, 2.24) is 4.57 Å². The molecule has 0 aliphatic rings. The Hall–Kier alpha value is -0.880. The first kappa shape index (κ1) is 11.2. The minimum atomic E-state index is -3.23. The van der Waals surface area contributed by atoms with Gasteiger partial charge in [0.1, 0.15) is 18.9 Å². The quantitative estimate of drug-likeness (QED) is 0.654. The number of hydrogen-bond donors (Lipinski definition) is 0. The molecule has 0 radical (unpaired) electrons. The van der Waals surface area contributed by atoms with Crippen LogP contribution < -0.4 is 4.57 Å². The van der Waals surface area contributed by atoms with Crippen LogP contribution >= 0.6 is 0 Å². The number of aromatic nitrogens is 2. The molecule has 0 N–H and O–H groups in total. The molecule has 0 fully saturated rings. The van der Waals surface area contributed by atoms with Crippen molar-refractivity contribution < 1.29 is 13.0 Å². The molecule has 1 aromatic rings. The van der Waals surface area contributed by atoms with Crippen LogP contribution in [0.1, 0.15) is 6.92 Å². The average Bonchev–Trinajstić information content (AvgIpc) is 2.48. The summed E-state index contributed by atoms with van der Waals surface area (Å²) >= 11 is 0. The third kappa shape index (κ3) is 3.47. The first-order valence-electron chi connectivity index (χ1n) is 4.46. The Kier molecular flexibility index (Phi) is 3.65. The van der Waals surface area contributed by atoms with E-state index in [1.165, 1.54) is 0 Å². The number of nitrogens with zero attached hydrogens (tertiary/aromatic N) is 3. The Bertz CT molecular complexity index is 383. The van der Waals surface area contributed by atoms with Crippen LogP contribution in [0.3, 0.4) is 0 Å². The molecule has 1 rings (SSSR count). The predicted octanol–water partition coefficient (Wildman–Crippen LogP) is 0.0360. The molecule has 0 bridgehead atoms. The lowest BCUT2D eigenvalue weighted by Gasteiger charge is -2.15. The standard InChI is InChI=1S/C8H15N3O2S/c1-3-9-14(12,13)7-6-11-5-4-10(2)8-11/h4-5,8H,3,6-7H2,1-2H3. The fourth-order valence-corrected chi connectivity index (χ4v) is 2.08. The summed E-state index contributed by atoms with van der Waals surface area (Å²) in [6.07, 6.45) is 5.53. The van der Waals surface area contributed by atoms with Crippen molar-refractivity contribution in [1.29, 1.82) is 0 Å². The monoisotopic (exact) mass is 217 g/mol. The smallest absolute Gasteiger partial charge is 0.243 e. The zero-order valence-corrected chi connectivity index (χ0v) is 9.24.